The van der Waals surface area contributed by atoms with Crippen molar-refractivity contribution in [1.82, 2.24) is 10.2 Å². The quantitative estimate of drug-likeness (QED) is 0.0154. The molecule has 1 amide bonds. The van der Waals surface area contributed by atoms with Gasteiger partial charge in [0.05, 0.1) is 36.4 Å². The van der Waals surface area contributed by atoms with Crippen molar-refractivity contribution in [2.45, 2.75) is 461 Å². The number of ether oxygens (including phenoxy) is 5. The molecule has 6 fully saturated rings. The zero-order valence-electron chi connectivity index (χ0n) is 89.2. The first-order valence-electron chi connectivity index (χ1n) is 46.9. The van der Waals surface area contributed by atoms with Crippen LogP contribution < -0.4 is 11.1 Å². The molecule has 49 heteroatoms. The number of Topliss-reactive ketones (excluding diaryl/α,β-unsaturated/α-hetero) is 1. The molecule has 134 heavy (non-hydrogen) atoms. The fraction of sp³-hybridized carbons (Fsp3) is 0.953. The molecule has 6 aliphatic heterocycles. The smallest absolute Gasteiger partial charge is 0.237 e. The van der Waals surface area contributed by atoms with Crippen molar-refractivity contribution in [2.75, 3.05) is 44.9 Å². The molecule has 6 aliphatic rings. The van der Waals surface area contributed by atoms with Crippen LogP contribution in [0.1, 0.15) is 60.8 Å². The van der Waals surface area contributed by atoms with Gasteiger partial charge in [0.15, 0.2) is 89.0 Å². The molecule has 0 aromatic heterocycles. The van der Waals surface area contributed by atoms with Crippen molar-refractivity contribution >= 4 is 181 Å². The molecule has 0 aromatic rings. The Balaban J connectivity index is 0.000000574. The second kappa shape index (κ2) is 56.6. The molecule has 11 N–H and O–H groups in total. The summed E-state index contributed by atoms with van der Waals surface area (Å²) in [6.45, 7) is 81.6. The normalized spacial score (nSPS) is 33.6. The van der Waals surface area contributed by atoms with E-state index in [2.05, 4.69) is 276 Å². The first-order valence-corrected chi connectivity index (χ1v) is 88.8. The zero-order valence-corrected chi connectivity index (χ0v) is 106. The van der Waals surface area contributed by atoms with Gasteiger partial charge in [-0.1, -0.05) is 25.5 Å². The van der Waals surface area contributed by atoms with E-state index in [1.165, 1.54) is 44.3 Å². The Morgan fingerprint density at radius 1 is 0.425 bits per heavy atom. The van der Waals surface area contributed by atoms with Crippen LogP contribution >= 0.6 is 85.9 Å². The monoisotopic (exact) mass is 2220 g/mol. The first kappa shape index (κ1) is 132. The number of thioether (sulfide) groups is 5. The lowest BCUT2D eigenvalue weighted by Crippen LogP contribution is -2.67. The van der Waals surface area contributed by atoms with Crippen molar-refractivity contribution in [2.24, 2.45) is 25.9 Å². The number of carbonyl (C=O) groups is 2. The van der Waals surface area contributed by atoms with Crippen LogP contribution in [-0.4, -0.2) is 389 Å². The molecule has 0 bridgehead atoms. The van der Waals surface area contributed by atoms with E-state index >= 15 is 0 Å². The number of rotatable bonds is 42. The number of aliphatic hydroxyl groups is 8. The molecular formula is C85H185N6O25P3S5Si10. The van der Waals surface area contributed by atoms with Crippen molar-refractivity contribution in [3.8, 4) is 0 Å². The summed E-state index contributed by atoms with van der Waals surface area (Å²) in [7, 11) is -6.97. The van der Waals surface area contributed by atoms with E-state index in [9.17, 15) is 50.4 Å². The molecule has 790 valence electrons. The number of hydrogen-bond donors (Lipinski definition) is 10. The maximum atomic E-state index is 12.8. The predicted octanol–water partition coefficient (Wildman–Crippen LogP) is 14.7. The van der Waals surface area contributed by atoms with Crippen molar-refractivity contribution in [3.63, 3.8) is 0 Å². The average molecular weight is 2230 g/mol. The number of likely N-dealkylation sites (N-methyl/N-ethyl adjacent to an activating group) is 1. The summed E-state index contributed by atoms with van der Waals surface area (Å²) >= 11 is 7.34. The Hall–Kier alpha value is 2.10. The van der Waals surface area contributed by atoms with Gasteiger partial charge in [0.25, 0.3) is 0 Å². The molecule has 0 radical (unpaired) electrons. The second-order valence-electron chi connectivity index (χ2n) is 45.8. The maximum absolute atomic E-state index is 12.8. The molecular weight excluding hydrogens is 2040 g/mol. The van der Waals surface area contributed by atoms with Gasteiger partial charge in [0.2, 0.25) is 5.91 Å². The minimum Gasteiger partial charge on any atom is -0.413 e. The van der Waals surface area contributed by atoms with Gasteiger partial charge in [-0.2, -0.15) is 0 Å². The Bertz CT molecular complexity index is 3420. The van der Waals surface area contributed by atoms with Crippen LogP contribution in [0, 0.1) is 5.92 Å². The van der Waals surface area contributed by atoms with E-state index in [1.807, 2.05) is 25.1 Å². The van der Waals surface area contributed by atoms with E-state index in [4.69, 9.17) is 73.7 Å². The van der Waals surface area contributed by atoms with E-state index in [0.29, 0.717) is 5.92 Å². The highest BCUT2D eigenvalue weighted by Crippen LogP contribution is 2.45. The number of nitrogens with two attached hydrogens (primary N) is 1. The second-order valence-corrected chi connectivity index (χ2v) is 95.9. The molecule has 0 aromatic carbocycles. The molecule has 35 atom stereocenters. The molecule has 6 saturated heterocycles. The van der Waals surface area contributed by atoms with Crippen LogP contribution in [0.3, 0.4) is 0 Å². The van der Waals surface area contributed by atoms with Crippen molar-refractivity contribution in [1.29, 1.82) is 0 Å². The minimum atomic E-state index is -1.98. The summed E-state index contributed by atoms with van der Waals surface area (Å²) in [6.07, 6.45) is -2.77. The van der Waals surface area contributed by atoms with E-state index < -0.39 is 185 Å². The fourth-order valence-electron chi connectivity index (χ4n) is 16.4. The molecule has 0 aliphatic carbocycles. The summed E-state index contributed by atoms with van der Waals surface area (Å²) in [5, 5.41) is 81.8. The first-order chi connectivity index (χ1) is 60.7. The number of amides is 1. The molecule has 0 spiro atoms. The third-order valence-electron chi connectivity index (χ3n) is 21.5. The molecule has 0 saturated carbocycles. The van der Waals surface area contributed by atoms with Crippen LogP contribution in [0.4, 0.5) is 0 Å². The summed E-state index contributed by atoms with van der Waals surface area (Å²) in [6, 6.07) is -3.12. The highest BCUT2D eigenvalue weighted by molar-refractivity contribution is 8.00. The van der Waals surface area contributed by atoms with Crippen LogP contribution in [0.2, 0.25) is 196 Å². The summed E-state index contributed by atoms with van der Waals surface area (Å²) in [5.41, 5.74) is 4.62. The topological polar surface area (TPSA) is 413 Å². The number of carbonyl (C=O) groups excluding carboxylic acids is 2. The molecule has 6 rings (SSSR count). The lowest BCUT2D eigenvalue weighted by Gasteiger charge is -2.52. The summed E-state index contributed by atoms with van der Waals surface area (Å²) in [4.78, 5) is 27.2. The van der Waals surface area contributed by atoms with Gasteiger partial charge in [-0.15, -0.1) is 58.8 Å². The van der Waals surface area contributed by atoms with Crippen molar-refractivity contribution < 1.29 is 118 Å². The number of ketones is 1. The number of nitrogens with zero attached hydrogens (tertiary/aromatic N) is 4. The van der Waals surface area contributed by atoms with E-state index in [1.54, 1.807) is 47.8 Å². The number of likely N-dealkylation sites (tertiary alicyclic amines) is 1. The Morgan fingerprint density at radius 3 is 0.993 bits per heavy atom. The average Bonchev–Trinajstić information content (AvgIpc) is 0.880. The van der Waals surface area contributed by atoms with Gasteiger partial charge >= 0.3 is 0 Å². The Morgan fingerprint density at radius 2 is 0.716 bits per heavy atom. The lowest BCUT2D eigenvalue weighted by molar-refractivity contribution is -0.211. The predicted molar refractivity (Wildman–Crippen MR) is 587 cm³/mol. The van der Waals surface area contributed by atoms with Gasteiger partial charge in [0, 0.05) is 6.54 Å². The SMILES string of the molecule is C=C(C)[C@@H](N=P)[C@H]1O[C@H](SC)[C@H](O[Si](C)(C)C)[C@@H](O[Si](C)(C)C)[C@H]1O[Si](C)(C)C.CCC[C@@H]1C[C@@H](C(=O)N[C@@H]([C@H]2O[C@H](SC)[C@H](O)[C@@H](O)[C@H]2O)[C@@H](C)O)N(C)C1.CS[C@H]1O[C@H]([C@H](N)[C@@H](C)O)[C@H](O)[C@H](O)[C@H]1O.CS[C@H]1O[C@H]([C@H](N=P)C(C)=O)[C@H](O[Si](C)(C)C)[C@H](O[Si](C)(C)C)[C@H]1O[Si](C)(C)C.CS[C@H]1O[C@H]([C@H](N=P)[C@@H](C)O[Si](C)(C)C)[C@H](O[Si](C)(C)C)[C@H](O[Si](C)(C)C)[C@H]1O[Si](C)(C)C. The third kappa shape index (κ3) is 44.5. The van der Waals surface area contributed by atoms with Crippen LogP contribution in [0.5, 0.6) is 0 Å². The van der Waals surface area contributed by atoms with Crippen LogP contribution in [0.25, 0.3) is 0 Å². The highest BCUT2D eigenvalue weighted by atomic mass is 32.2. The van der Waals surface area contributed by atoms with E-state index in [0.717, 1.165) is 31.4 Å². The zero-order chi connectivity index (χ0) is 104. The number of hydrogen-bond acceptors (Lipinski definition) is 35. The lowest BCUT2D eigenvalue weighted by atomic mass is 9.92. The van der Waals surface area contributed by atoms with Crippen LogP contribution in [0.15, 0.2) is 26.4 Å². The maximum Gasteiger partial charge on any atom is 0.237 e. The van der Waals surface area contributed by atoms with Crippen molar-refractivity contribution in [3.05, 3.63) is 12.2 Å². The number of aliphatic hydroxyl groups excluding tert-OH is 8. The Labute approximate surface area is 846 Å². The molecule has 6 heterocycles. The fourth-order valence-corrected chi connectivity index (χ4v) is 32.3. The van der Waals surface area contributed by atoms with Gasteiger partial charge in [0.1, 0.15) is 167 Å². The van der Waals surface area contributed by atoms with Crippen LogP contribution in [-0.2, 0) is 77.5 Å². The molecule has 0 unspecified atom stereocenters. The third-order valence-corrected chi connectivity index (χ3v) is 36.4. The number of nitrogens with one attached hydrogen (secondary N) is 1. The summed E-state index contributed by atoms with van der Waals surface area (Å²) < 4.78 is 111. The van der Waals surface area contributed by atoms with Gasteiger partial charge in [-0.25, -0.2) is 0 Å². The standard InChI is InChI=1S/C21H50NO5PSSi4.C19H42NO4PSSi3.C18H34N2O6S.C18H40NO5PSSi3.C9H19NO5S/c1-15(24-30(3,4)5)16(22-28)17-18(25-31(6,7)8)19(26-32(9,10)11)20(21(23-17)29-2)27-33(12,13)14;1-13(2)14(20-25)15-16(22-27(4,5)6)17(23-28(7,8)9)18(19(21-15)26-3)24-29(10,11)12;1-5-6-10-7-11(20(3)8-10)17(25)19-12(9(2)21)16-14(23)13(22)15(24)18(26-16)27-4;1-12(20)13(19-25)14-15(22-27(3,4)5)16(23-28(6,7)8)17(18(21-14)26-2)24-29(9,10)11;1-3(11)4(10)8-6(13)5(12)7(14)9(15-8)16-2/h15-21,28H,1-14H3;14-19,25H,1H2,2-12H3;9-16,18,21-24H,5-8H2,1-4H3,(H,19,25);13-18,25H,1-11H3;3-9,11-14H,10H2,1-2H3/t15-,16-,17-,18+,19+,20-,21-;14-,15-,16+,17+,18-,19-;9-,10-,11+,12-,13+,14-,15-,16-,18-;13-,14-,15+,16+,17-,18-;3-,4-,5+,6-,7-,8-,9-/m11111/s1. The largest absolute Gasteiger partial charge is 0.413 e. The van der Waals surface area contributed by atoms with Gasteiger partial charge in [-0.05, 0) is 315 Å². The van der Waals surface area contributed by atoms with E-state index in [-0.39, 0.29) is 113 Å². The minimum absolute atomic E-state index is 0.0645. The van der Waals surface area contributed by atoms with Gasteiger partial charge < -0.3 is 120 Å². The summed E-state index contributed by atoms with van der Waals surface area (Å²) in [5.74, 6) is 0.180. The Kier molecular flexibility index (Phi) is 55.9. The highest BCUT2D eigenvalue weighted by Gasteiger charge is 2.59. The molecule has 31 nitrogen and oxygen atoms in total. The van der Waals surface area contributed by atoms with Gasteiger partial charge in [-0.3, -0.25) is 28.7 Å².